The molecule has 7 heteroatoms. The van der Waals surface area contributed by atoms with Gasteiger partial charge in [-0.1, -0.05) is 12.2 Å². The van der Waals surface area contributed by atoms with Crippen molar-refractivity contribution in [3.05, 3.63) is 12.2 Å². The molecule has 0 rings (SSSR count). The summed E-state index contributed by atoms with van der Waals surface area (Å²) in [6.07, 6.45) is 4.51. The number of esters is 1. The molecule has 7 nitrogen and oxygen atoms in total. The van der Waals surface area contributed by atoms with Crippen LogP contribution < -0.4 is 10.6 Å². The van der Waals surface area contributed by atoms with Crippen LogP contribution in [0.2, 0.25) is 0 Å². The predicted molar refractivity (Wildman–Crippen MR) is 94.4 cm³/mol. The van der Waals surface area contributed by atoms with E-state index in [-0.39, 0.29) is 0 Å². The zero-order valence-electron chi connectivity index (χ0n) is 15.6. The van der Waals surface area contributed by atoms with Crippen LogP contribution in [-0.2, 0) is 14.3 Å². The van der Waals surface area contributed by atoms with Gasteiger partial charge in [-0.15, -0.1) is 0 Å². The molecule has 0 aliphatic carbocycles. The molecule has 0 saturated heterocycles. The fourth-order valence-electron chi connectivity index (χ4n) is 1.59. The molecule has 0 aliphatic heterocycles. The van der Waals surface area contributed by atoms with Crippen molar-refractivity contribution < 1.29 is 19.1 Å². The molecule has 0 heterocycles. The van der Waals surface area contributed by atoms with E-state index in [9.17, 15) is 9.59 Å². The molecule has 0 aliphatic rings. The Labute approximate surface area is 144 Å². The van der Waals surface area contributed by atoms with Gasteiger partial charge in [-0.05, 0) is 48.0 Å². The maximum absolute atomic E-state index is 12.3. The SMILES string of the molecule is CC(C)(C)OC(=O)NC(CC=CCNCC=N)C(=O)OC(C)(C)C. The zero-order chi connectivity index (χ0) is 18.8. The Balaban J connectivity index is 4.73. The highest BCUT2D eigenvalue weighted by atomic mass is 16.6. The third-order valence-corrected chi connectivity index (χ3v) is 2.43. The van der Waals surface area contributed by atoms with Crippen molar-refractivity contribution in [1.29, 1.82) is 5.41 Å². The van der Waals surface area contributed by atoms with Gasteiger partial charge in [0.1, 0.15) is 17.2 Å². The van der Waals surface area contributed by atoms with E-state index in [1.54, 1.807) is 47.6 Å². The molecule has 0 aromatic rings. The lowest BCUT2D eigenvalue weighted by Crippen LogP contribution is -2.45. The van der Waals surface area contributed by atoms with Crippen LogP contribution in [0.3, 0.4) is 0 Å². The van der Waals surface area contributed by atoms with E-state index >= 15 is 0 Å². The lowest BCUT2D eigenvalue weighted by atomic mass is 10.1. The summed E-state index contributed by atoms with van der Waals surface area (Å²) >= 11 is 0. The Morgan fingerprint density at radius 1 is 1.00 bits per heavy atom. The number of carbonyl (C=O) groups excluding carboxylic acids is 2. The number of hydrogen-bond donors (Lipinski definition) is 3. The van der Waals surface area contributed by atoms with Crippen LogP contribution in [0.25, 0.3) is 0 Å². The van der Waals surface area contributed by atoms with Gasteiger partial charge in [0.2, 0.25) is 0 Å². The Kier molecular flexibility index (Phi) is 9.28. The molecule has 24 heavy (non-hydrogen) atoms. The first-order valence-electron chi connectivity index (χ1n) is 8.01. The van der Waals surface area contributed by atoms with E-state index in [1.165, 1.54) is 6.21 Å². The Bertz CT molecular complexity index is 448. The van der Waals surface area contributed by atoms with Crippen molar-refractivity contribution in [3.63, 3.8) is 0 Å². The molecule has 1 amide bonds. The molecule has 3 N–H and O–H groups in total. The number of hydrogen-bond acceptors (Lipinski definition) is 6. The first kappa shape index (κ1) is 22.1. The van der Waals surface area contributed by atoms with Gasteiger partial charge in [-0.2, -0.15) is 0 Å². The average molecular weight is 341 g/mol. The minimum atomic E-state index is -0.821. The Morgan fingerprint density at radius 2 is 1.58 bits per heavy atom. The maximum Gasteiger partial charge on any atom is 0.408 e. The van der Waals surface area contributed by atoms with Crippen LogP contribution in [-0.4, -0.2) is 48.6 Å². The molecular formula is C17H31N3O4. The van der Waals surface area contributed by atoms with Gasteiger partial charge in [0.15, 0.2) is 0 Å². The second-order valence-corrected chi connectivity index (χ2v) is 7.30. The average Bonchev–Trinajstić information content (AvgIpc) is 2.37. The molecule has 1 unspecified atom stereocenters. The molecule has 138 valence electrons. The maximum atomic E-state index is 12.3. The van der Waals surface area contributed by atoms with Crippen molar-refractivity contribution in [3.8, 4) is 0 Å². The van der Waals surface area contributed by atoms with Crippen LogP contribution in [0.4, 0.5) is 4.79 Å². The Hall–Kier alpha value is -1.89. The molecule has 0 saturated carbocycles. The predicted octanol–water partition coefficient (Wildman–Crippen LogP) is 2.41. The Morgan fingerprint density at radius 3 is 2.08 bits per heavy atom. The van der Waals surface area contributed by atoms with Crippen LogP contribution in [0.15, 0.2) is 12.2 Å². The molecule has 0 radical (unpaired) electrons. The minimum absolute atomic E-state index is 0.292. The highest BCUT2D eigenvalue weighted by Crippen LogP contribution is 2.12. The number of nitrogens with one attached hydrogen (secondary N) is 3. The van der Waals surface area contributed by atoms with E-state index in [1.807, 2.05) is 6.08 Å². The first-order chi connectivity index (χ1) is 10.9. The number of ether oxygens (including phenoxy) is 2. The van der Waals surface area contributed by atoms with Crippen molar-refractivity contribution in [2.24, 2.45) is 0 Å². The summed E-state index contributed by atoms with van der Waals surface area (Å²) in [5.74, 6) is -0.509. The van der Waals surface area contributed by atoms with Gasteiger partial charge in [0, 0.05) is 19.3 Å². The molecule has 0 fully saturated rings. The summed E-state index contributed by atoms with van der Waals surface area (Å²) in [7, 11) is 0. The van der Waals surface area contributed by atoms with Crippen molar-refractivity contribution in [2.45, 2.75) is 65.2 Å². The van der Waals surface area contributed by atoms with Gasteiger partial charge < -0.3 is 25.5 Å². The fourth-order valence-corrected chi connectivity index (χ4v) is 1.59. The van der Waals surface area contributed by atoms with Gasteiger partial charge in [-0.3, -0.25) is 0 Å². The first-order valence-corrected chi connectivity index (χ1v) is 8.01. The third-order valence-electron chi connectivity index (χ3n) is 2.43. The molecule has 0 spiro atoms. The second kappa shape index (κ2) is 10.1. The van der Waals surface area contributed by atoms with E-state index in [0.29, 0.717) is 19.5 Å². The topological polar surface area (TPSA) is 101 Å². The molecule has 0 bridgehead atoms. The standard InChI is InChI=1S/C17H31N3O4/c1-16(2,3)23-14(21)13(9-7-8-11-19-12-10-18)20-15(22)24-17(4,5)6/h7-8,10,13,18-19H,9,11-12H2,1-6H3,(H,20,22). The lowest BCUT2D eigenvalue weighted by Gasteiger charge is -2.25. The molecule has 1 atom stereocenters. The van der Waals surface area contributed by atoms with E-state index in [4.69, 9.17) is 14.9 Å². The van der Waals surface area contributed by atoms with E-state index in [2.05, 4.69) is 10.6 Å². The third kappa shape index (κ3) is 12.6. The number of carbonyl (C=O) groups is 2. The summed E-state index contributed by atoms with van der Waals surface area (Å²) in [5, 5.41) is 12.4. The minimum Gasteiger partial charge on any atom is -0.458 e. The fraction of sp³-hybridized carbons (Fsp3) is 0.706. The zero-order valence-corrected chi connectivity index (χ0v) is 15.6. The van der Waals surface area contributed by atoms with Crippen molar-refractivity contribution >= 4 is 18.3 Å². The second-order valence-electron chi connectivity index (χ2n) is 7.30. The summed E-state index contributed by atoms with van der Waals surface area (Å²) in [5.41, 5.74) is -1.28. The molecular weight excluding hydrogens is 310 g/mol. The largest absolute Gasteiger partial charge is 0.458 e. The van der Waals surface area contributed by atoms with Crippen LogP contribution in [0.1, 0.15) is 48.0 Å². The number of amides is 1. The highest BCUT2D eigenvalue weighted by Gasteiger charge is 2.27. The lowest BCUT2D eigenvalue weighted by molar-refractivity contribution is -0.157. The van der Waals surface area contributed by atoms with E-state index < -0.39 is 29.3 Å². The van der Waals surface area contributed by atoms with Gasteiger partial charge in [-0.25, -0.2) is 9.59 Å². The van der Waals surface area contributed by atoms with Crippen LogP contribution >= 0.6 is 0 Å². The van der Waals surface area contributed by atoms with Crippen molar-refractivity contribution in [2.75, 3.05) is 13.1 Å². The smallest absolute Gasteiger partial charge is 0.408 e. The van der Waals surface area contributed by atoms with E-state index in [0.717, 1.165) is 0 Å². The van der Waals surface area contributed by atoms with Crippen molar-refractivity contribution in [1.82, 2.24) is 10.6 Å². The summed E-state index contributed by atoms with van der Waals surface area (Å²) in [4.78, 5) is 24.2. The van der Waals surface area contributed by atoms with Crippen LogP contribution in [0.5, 0.6) is 0 Å². The van der Waals surface area contributed by atoms with Gasteiger partial charge in [0.05, 0.1) is 0 Å². The number of alkyl carbamates (subject to hydrolysis) is 1. The quantitative estimate of drug-likeness (QED) is 0.272. The molecule has 0 aromatic heterocycles. The summed E-state index contributed by atoms with van der Waals surface area (Å²) in [6.45, 7) is 11.6. The highest BCUT2D eigenvalue weighted by molar-refractivity contribution is 5.81. The number of rotatable bonds is 8. The normalized spacial score (nSPS) is 13.4. The van der Waals surface area contributed by atoms with Gasteiger partial charge in [0.25, 0.3) is 0 Å². The monoisotopic (exact) mass is 341 g/mol. The van der Waals surface area contributed by atoms with Gasteiger partial charge >= 0.3 is 12.1 Å². The molecule has 0 aromatic carbocycles. The summed E-state index contributed by atoms with van der Waals surface area (Å²) < 4.78 is 10.5. The summed E-state index contributed by atoms with van der Waals surface area (Å²) in [6, 6.07) is -0.821. The van der Waals surface area contributed by atoms with Crippen LogP contribution in [0, 0.1) is 5.41 Å².